The third-order valence-corrected chi connectivity index (χ3v) is 3.53. The van der Waals surface area contributed by atoms with Crippen molar-refractivity contribution in [3.63, 3.8) is 0 Å². The van der Waals surface area contributed by atoms with Crippen LogP contribution in [0.1, 0.15) is 64.5 Å². The zero-order valence-corrected chi connectivity index (χ0v) is 12.2. The Morgan fingerprint density at radius 3 is 2.61 bits per heavy atom. The summed E-state index contributed by atoms with van der Waals surface area (Å²) in [5, 5.41) is 3.69. The predicted octanol–water partition coefficient (Wildman–Crippen LogP) is 4.13. The average Bonchev–Trinajstić information content (AvgIpc) is 2.43. The Hall–Kier alpha value is -0.890. The van der Waals surface area contributed by atoms with E-state index in [1.54, 1.807) is 0 Å². The Morgan fingerprint density at radius 1 is 1.17 bits per heavy atom. The molecule has 0 saturated carbocycles. The number of aromatic nitrogens is 1. The van der Waals surface area contributed by atoms with Crippen LogP contribution >= 0.6 is 0 Å². The van der Waals surface area contributed by atoms with Crippen LogP contribution < -0.4 is 5.32 Å². The van der Waals surface area contributed by atoms with Crippen LogP contribution in [0, 0.1) is 0 Å². The molecule has 0 fully saturated rings. The van der Waals surface area contributed by atoms with E-state index in [9.17, 15) is 0 Å². The maximum absolute atomic E-state index is 4.50. The quantitative estimate of drug-likeness (QED) is 0.665. The van der Waals surface area contributed by atoms with Crippen molar-refractivity contribution in [2.24, 2.45) is 0 Å². The van der Waals surface area contributed by atoms with E-state index in [1.165, 1.54) is 37.8 Å². The first-order valence-electron chi connectivity index (χ1n) is 7.43. The Bertz CT molecular complexity index is 297. The first kappa shape index (κ1) is 15.2. The van der Waals surface area contributed by atoms with Gasteiger partial charge in [0.2, 0.25) is 0 Å². The van der Waals surface area contributed by atoms with Gasteiger partial charge in [-0.05, 0) is 31.5 Å². The summed E-state index contributed by atoms with van der Waals surface area (Å²) in [4.78, 5) is 4.50. The van der Waals surface area contributed by atoms with Gasteiger partial charge in [0.25, 0.3) is 0 Å². The SMILES string of the molecule is CCCCCC(NCCC)C(C)c1ccccn1. The molecule has 1 rings (SSSR count). The van der Waals surface area contributed by atoms with E-state index < -0.39 is 0 Å². The standard InChI is InChI=1S/C16H28N2/c1-4-6-7-10-15(17-12-5-2)14(3)16-11-8-9-13-18-16/h8-9,11,13-15,17H,4-7,10,12H2,1-3H3. The van der Waals surface area contributed by atoms with Gasteiger partial charge in [-0.15, -0.1) is 0 Å². The molecule has 0 bridgehead atoms. The van der Waals surface area contributed by atoms with Crippen LogP contribution in [0.4, 0.5) is 0 Å². The Labute approximate surface area is 112 Å². The van der Waals surface area contributed by atoms with Gasteiger partial charge in [-0.2, -0.15) is 0 Å². The molecule has 1 heterocycles. The lowest BCUT2D eigenvalue weighted by Crippen LogP contribution is -2.34. The molecule has 102 valence electrons. The van der Waals surface area contributed by atoms with E-state index in [-0.39, 0.29) is 0 Å². The molecule has 18 heavy (non-hydrogen) atoms. The fourth-order valence-corrected chi connectivity index (χ4v) is 2.32. The molecule has 1 aromatic heterocycles. The van der Waals surface area contributed by atoms with Crippen LogP contribution in [0.3, 0.4) is 0 Å². The topological polar surface area (TPSA) is 24.9 Å². The fourth-order valence-electron chi connectivity index (χ4n) is 2.32. The van der Waals surface area contributed by atoms with Crippen LogP contribution in [-0.4, -0.2) is 17.6 Å². The lowest BCUT2D eigenvalue weighted by molar-refractivity contribution is 0.404. The van der Waals surface area contributed by atoms with Gasteiger partial charge in [-0.1, -0.05) is 46.1 Å². The first-order chi connectivity index (χ1) is 8.79. The van der Waals surface area contributed by atoms with Crippen molar-refractivity contribution in [1.82, 2.24) is 10.3 Å². The van der Waals surface area contributed by atoms with Gasteiger partial charge in [-0.25, -0.2) is 0 Å². The molecule has 1 N–H and O–H groups in total. The van der Waals surface area contributed by atoms with E-state index in [4.69, 9.17) is 0 Å². The number of nitrogens with one attached hydrogen (secondary N) is 1. The number of pyridine rings is 1. The fraction of sp³-hybridized carbons (Fsp3) is 0.688. The Morgan fingerprint density at radius 2 is 2.00 bits per heavy atom. The molecule has 1 aromatic rings. The third kappa shape index (κ3) is 5.18. The van der Waals surface area contributed by atoms with E-state index in [1.807, 2.05) is 12.3 Å². The zero-order valence-electron chi connectivity index (χ0n) is 12.2. The van der Waals surface area contributed by atoms with Gasteiger partial charge in [0.15, 0.2) is 0 Å². The summed E-state index contributed by atoms with van der Waals surface area (Å²) >= 11 is 0. The summed E-state index contributed by atoms with van der Waals surface area (Å²) in [7, 11) is 0. The largest absolute Gasteiger partial charge is 0.313 e. The molecule has 0 aromatic carbocycles. The van der Waals surface area contributed by atoms with E-state index >= 15 is 0 Å². The molecule has 2 unspecified atom stereocenters. The predicted molar refractivity (Wildman–Crippen MR) is 78.9 cm³/mol. The summed E-state index contributed by atoms with van der Waals surface area (Å²) in [6, 6.07) is 6.78. The highest BCUT2D eigenvalue weighted by Crippen LogP contribution is 2.21. The average molecular weight is 248 g/mol. The van der Waals surface area contributed by atoms with Crippen molar-refractivity contribution in [2.75, 3.05) is 6.54 Å². The van der Waals surface area contributed by atoms with Gasteiger partial charge in [0, 0.05) is 23.9 Å². The smallest absolute Gasteiger partial charge is 0.0447 e. The number of nitrogens with zero attached hydrogens (tertiary/aromatic N) is 1. The van der Waals surface area contributed by atoms with Crippen molar-refractivity contribution >= 4 is 0 Å². The number of hydrogen-bond acceptors (Lipinski definition) is 2. The van der Waals surface area contributed by atoms with Crippen molar-refractivity contribution < 1.29 is 0 Å². The minimum Gasteiger partial charge on any atom is -0.313 e. The second-order valence-electron chi connectivity index (χ2n) is 5.10. The molecule has 2 atom stereocenters. The van der Waals surface area contributed by atoms with E-state index in [0.29, 0.717) is 12.0 Å². The number of rotatable bonds is 9. The minimum absolute atomic E-state index is 0.495. The first-order valence-corrected chi connectivity index (χ1v) is 7.43. The molecule has 0 spiro atoms. The molecular weight excluding hydrogens is 220 g/mol. The third-order valence-electron chi connectivity index (χ3n) is 3.53. The lowest BCUT2D eigenvalue weighted by Gasteiger charge is -2.25. The maximum atomic E-state index is 4.50. The van der Waals surface area contributed by atoms with Gasteiger partial charge in [0.05, 0.1) is 0 Å². The second kappa shape index (κ2) is 9.09. The molecular formula is C16H28N2. The van der Waals surface area contributed by atoms with E-state index in [2.05, 4.69) is 43.2 Å². The lowest BCUT2D eigenvalue weighted by atomic mass is 9.93. The number of hydrogen-bond donors (Lipinski definition) is 1. The van der Waals surface area contributed by atoms with Gasteiger partial charge in [0.1, 0.15) is 0 Å². The highest BCUT2D eigenvalue weighted by molar-refractivity contribution is 5.11. The van der Waals surface area contributed by atoms with Crippen molar-refractivity contribution in [3.05, 3.63) is 30.1 Å². The van der Waals surface area contributed by atoms with Gasteiger partial charge >= 0.3 is 0 Å². The monoisotopic (exact) mass is 248 g/mol. The Kier molecular flexibility index (Phi) is 7.66. The van der Waals surface area contributed by atoms with Crippen LogP contribution in [0.15, 0.2) is 24.4 Å². The molecule has 0 aliphatic carbocycles. The van der Waals surface area contributed by atoms with E-state index in [0.717, 1.165) is 6.54 Å². The van der Waals surface area contributed by atoms with Gasteiger partial charge in [-0.3, -0.25) is 4.98 Å². The van der Waals surface area contributed by atoms with Crippen molar-refractivity contribution in [1.29, 1.82) is 0 Å². The highest BCUT2D eigenvalue weighted by Gasteiger charge is 2.18. The summed E-state index contributed by atoms with van der Waals surface area (Å²) in [6.45, 7) is 7.88. The molecule has 2 heteroatoms. The summed E-state index contributed by atoms with van der Waals surface area (Å²) in [5.74, 6) is 0.495. The molecule has 0 aliphatic rings. The highest BCUT2D eigenvalue weighted by atomic mass is 14.9. The summed E-state index contributed by atoms with van der Waals surface area (Å²) < 4.78 is 0. The van der Waals surface area contributed by atoms with Crippen LogP contribution in [0.5, 0.6) is 0 Å². The Balaban J connectivity index is 2.57. The van der Waals surface area contributed by atoms with Crippen LogP contribution in [0.2, 0.25) is 0 Å². The zero-order chi connectivity index (χ0) is 13.2. The van der Waals surface area contributed by atoms with Gasteiger partial charge < -0.3 is 5.32 Å². The number of unbranched alkanes of at least 4 members (excludes halogenated alkanes) is 2. The van der Waals surface area contributed by atoms with Crippen molar-refractivity contribution in [3.8, 4) is 0 Å². The normalized spacial score (nSPS) is 14.4. The molecule has 2 nitrogen and oxygen atoms in total. The van der Waals surface area contributed by atoms with Crippen LogP contribution in [0.25, 0.3) is 0 Å². The molecule has 0 amide bonds. The maximum Gasteiger partial charge on any atom is 0.0447 e. The molecule has 0 saturated heterocycles. The minimum atomic E-state index is 0.495. The van der Waals surface area contributed by atoms with Crippen molar-refractivity contribution in [2.45, 2.75) is 64.8 Å². The summed E-state index contributed by atoms with van der Waals surface area (Å²) in [5.41, 5.74) is 1.21. The molecule has 0 radical (unpaired) electrons. The second-order valence-corrected chi connectivity index (χ2v) is 5.10. The van der Waals surface area contributed by atoms with Crippen LogP contribution in [-0.2, 0) is 0 Å². The summed E-state index contributed by atoms with van der Waals surface area (Å²) in [6.07, 6.45) is 8.28. The molecule has 0 aliphatic heterocycles.